The maximum Gasteiger partial charge on any atom is 0.134 e. The molecule has 0 aromatic carbocycles. The first kappa shape index (κ1) is 11.7. The molecule has 2 nitrogen and oxygen atoms in total. The molecule has 2 heteroatoms. The minimum atomic E-state index is 0.0340. The summed E-state index contributed by atoms with van der Waals surface area (Å²) in [7, 11) is 0. The molecule has 0 radical (unpaired) electrons. The van der Waals surface area contributed by atoms with Crippen molar-refractivity contribution in [2.24, 2.45) is 5.92 Å². The second kappa shape index (κ2) is 4.43. The van der Waals surface area contributed by atoms with Crippen molar-refractivity contribution in [1.82, 2.24) is 4.90 Å². The molecule has 0 aromatic heterocycles. The van der Waals surface area contributed by atoms with Crippen LogP contribution in [-0.2, 0) is 4.79 Å². The topological polar surface area (TPSA) is 20.3 Å². The average Bonchev–Trinajstić information content (AvgIpc) is 2.18. The number of Topliss-reactive ketones (excluding diaryl/α,β-unsaturated/α-hetero) is 1. The Morgan fingerprint density at radius 2 is 1.71 bits per heavy atom. The van der Waals surface area contributed by atoms with Gasteiger partial charge in [-0.3, -0.25) is 9.69 Å². The highest BCUT2D eigenvalue weighted by Gasteiger charge is 2.35. The van der Waals surface area contributed by atoms with E-state index in [0.717, 1.165) is 13.1 Å². The third kappa shape index (κ3) is 2.35. The number of likely N-dealkylation sites (tertiary alicyclic amines) is 1. The van der Waals surface area contributed by atoms with Crippen LogP contribution in [0.25, 0.3) is 0 Å². The van der Waals surface area contributed by atoms with E-state index in [1.807, 2.05) is 0 Å². The van der Waals surface area contributed by atoms with Gasteiger partial charge in [0.15, 0.2) is 0 Å². The van der Waals surface area contributed by atoms with Gasteiger partial charge in [-0.25, -0.2) is 0 Å². The fourth-order valence-corrected chi connectivity index (χ4v) is 2.24. The first-order valence-electron chi connectivity index (χ1n) is 5.71. The standard InChI is InChI=1S/C12H23NO/c1-10(11(2)14)12(3,4)13-8-6-5-7-9-13/h10H,5-9H2,1-4H3. The van der Waals surface area contributed by atoms with Gasteiger partial charge in [0.1, 0.15) is 5.78 Å². The van der Waals surface area contributed by atoms with Gasteiger partial charge in [0, 0.05) is 11.5 Å². The minimum Gasteiger partial charge on any atom is -0.300 e. The SMILES string of the molecule is CC(=O)C(C)C(C)(C)N1CCCCC1. The third-order valence-corrected chi connectivity index (χ3v) is 3.84. The van der Waals surface area contributed by atoms with Gasteiger partial charge in [0.25, 0.3) is 0 Å². The van der Waals surface area contributed by atoms with Crippen LogP contribution < -0.4 is 0 Å². The quantitative estimate of drug-likeness (QED) is 0.692. The summed E-state index contributed by atoms with van der Waals surface area (Å²) in [6.45, 7) is 10.5. The Morgan fingerprint density at radius 3 is 2.14 bits per heavy atom. The first-order chi connectivity index (χ1) is 6.46. The van der Waals surface area contributed by atoms with Crippen molar-refractivity contribution in [1.29, 1.82) is 0 Å². The van der Waals surface area contributed by atoms with Gasteiger partial charge in [-0.05, 0) is 46.7 Å². The molecular formula is C12H23NO. The van der Waals surface area contributed by atoms with Gasteiger partial charge in [0.2, 0.25) is 0 Å². The van der Waals surface area contributed by atoms with Crippen LogP contribution in [-0.4, -0.2) is 29.3 Å². The van der Waals surface area contributed by atoms with E-state index in [0.29, 0.717) is 5.78 Å². The lowest BCUT2D eigenvalue weighted by Crippen LogP contribution is -2.52. The number of piperidine rings is 1. The van der Waals surface area contributed by atoms with Crippen molar-refractivity contribution in [2.45, 2.75) is 52.5 Å². The summed E-state index contributed by atoms with van der Waals surface area (Å²) in [6.07, 6.45) is 3.92. The maximum atomic E-state index is 11.4. The molecule has 0 aliphatic carbocycles. The number of hydrogen-bond donors (Lipinski definition) is 0. The predicted octanol–water partition coefficient (Wildman–Crippen LogP) is 2.48. The number of carbonyl (C=O) groups excluding carboxylic acids is 1. The van der Waals surface area contributed by atoms with Crippen LogP contribution in [0, 0.1) is 5.92 Å². The Morgan fingerprint density at radius 1 is 1.21 bits per heavy atom. The van der Waals surface area contributed by atoms with Crippen molar-refractivity contribution in [2.75, 3.05) is 13.1 Å². The van der Waals surface area contributed by atoms with Gasteiger partial charge in [-0.15, -0.1) is 0 Å². The fraction of sp³-hybridized carbons (Fsp3) is 0.917. The number of rotatable bonds is 3. The molecule has 0 saturated carbocycles. The van der Waals surface area contributed by atoms with E-state index >= 15 is 0 Å². The van der Waals surface area contributed by atoms with E-state index in [9.17, 15) is 4.79 Å². The Balaban J connectivity index is 2.66. The van der Waals surface area contributed by atoms with Crippen molar-refractivity contribution in [3.05, 3.63) is 0 Å². The second-order valence-corrected chi connectivity index (χ2v) is 5.03. The normalized spacial score (nSPS) is 22.0. The van der Waals surface area contributed by atoms with Crippen LogP contribution in [0.1, 0.15) is 47.0 Å². The van der Waals surface area contributed by atoms with Gasteiger partial charge < -0.3 is 0 Å². The summed E-state index contributed by atoms with van der Waals surface area (Å²) in [5.41, 5.74) is 0.0340. The summed E-state index contributed by atoms with van der Waals surface area (Å²) in [4.78, 5) is 13.9. The summed E-state index contributed by atoms with van der Waals surface area (Å²) in [5.74, 6) is 0.446. The van der Waals surface area contributed by atoms with Crippen LogP contribution >= 0.6 is 0 Å². The average molecular weight is 197 g/mol. The van der Waals surface area contributed by atoms with Crippen LogP contribution in [0.4, 0.5) is 0 Å². The van der Waals surface area contributed by atoms with Gasteiger partial charge >= 0.3 is 0 Å². The molecule has 0 aromatic rings. The zero-order valence-electron chi connectivity index (χ0n) is 9.97. The van der Waals surface area contributed by atoms with Gasteiger partial charge in [-0.2, -0.15) is 0 Å². The van der Waals surface area contributed by atoms with Crippen LogP contribution in [0.5, 0.6) is 0 Å². The number of carbonyl (C=O) groups is 1. The molecule has 1 aliphatic rings. The molecule has 0 amide bonds. The van der Waals surface area contributed by atoms with E-state index in [1.54, 1.807) is 6.92 Å². The molecule has 1 heterocycles. The molecule has 14 heavy (non-hydrogen) atoms. The lowest BCUT2D eigenvalue weighted by Gasteiger charge is -2.44. The molecule has 0 bridgehead atoms. The summed E-state index contributed by atoms with van der Waals surface area (Å²) >= 11 is 0. The summed E-state index contributed by atoms with van der Waals surface area (Å²) < 4.78 is 0. The molecular weight excluding hydrogens is 174 g/mol. The van der Waals surface area contributed by atoms with E-state index in [1.165, 1.54) is 19.3 Å². The number of hydrogen-bond acceptors (Lipinski definition) is 2. The smallest absolute Gasteiger partial charge is 0.134 e. The van der Waals surface area contributed by atoms with Crippen LogP contribution in [0.3, 0.4) is 0 Å². The van der Waals surface area contributed by atoms with E-state index in [-0.39, 0.29) is 11.5 Å². The molecule has 1 saturated heterocycles. The van der Waals surface area contributed by atoms with Crippen molar-refractivity contribution < 1.29 is 4.79 Å². The lowest BCUT2D eigenvalue weighted by atomic mass is 9.83. The maximum absolute atomic E-state index is 11.4. The molecule has 1 aliphatic heterocycles. The first-order valence-corrected chi connectivity index (χ1v) is 5.71. The third-order valence-electron chi connectivity index (χ3n) is 3.84. The molecule has 1 unspecified atom stereocenters. The number of nitrogens with zero attached hydrogens (tertiary/aromatic N) is 1. The van der Waals surface area contributed by atoms with Crippen LogP contribution in [0.2, 0.25) is 0 Å². The highest BCUT2D eigenvalue weighted by atomic mass is 16.1. The van der Waals surface area contributed by atoms with Gasteiger partial charge in [-0.1, -0.05) is 13.3 Å². The molecule has 0 spiro atoms. The molecule has 1 rings (SSSR count). The highest BCUT2D eigenvalue weighted by Crippen LogP contribution is 2.28. The lowest BCUT2D eigenvalue weighted by molar-refractivity contribution is -0.124. The van der Waals surface area contributed by atoms with E-state index in [4.69, 9.17) is 0 Å². The minimum absolute atomic E-state index is 0.0340. The monoisotopic (exact) mass is 197 g/mol. The molecule has 0 N–H and O–H groups in total. The molecule has 1 atom stereocenters. The second-order valence-electron chi connectivity index (χ2n) is 5.03. The zero-order valence-corrected chi connectivity index (χ0v) is 9.97. The Hall–Kier alpha value is -0.370. The zero-order chi connectivity index (χ0) is 10.8. The summed E-state index contributed by atoms with van der Waals surface area (Å²) in [6, 6.07) is 0. The van der Waals surface area contributed by atoms with Crippen molar-refractivity contribution >= 4 is 5.78 Å². The van der Waals surface area contributed by atoms with Crippen molar-refractivity contribution in [3.63, 3.8) is 0 Å². The Bertz CT molecular complexity index is 204. The molecule has 82 valence electrons. The van der Waals surface area contributed by atoms with E-state index < -0.39 is 0 Å². The van der Waals surface area contributed by atoms with Crippen LogP contribution in [0.15, 0.2) is 0 Å². The number of ketones is 1. The van der Waals surface area contributed by atoms with E-state index in [2.05, 4.69) is 25.7 Å². The van der Waals surface area contributed by atoms with Crippen molar-refractivity contribution in [3.8, 4) is 0 Å². The highest BCUT2D eigenvalue weighted by molar-refractivity contribution is 5.79. The Kier molecular flexibility index (Phi) is 3.71. The predicted molar refractivity (Wildman–Crippen MR) is 59.3 cm³/mol. The Labute approximate surface area is 87.7 Å². The molecule has 1 fully saturated rings. The fourth-order valence-electron chi connectivity index (χ4n) is 2.24. The largest absolute Gasteiger partial charge is 0.300 e. The summed E-state index contributed by atoms with van der Waals surface area (Å²) in [5, 5.41) is 0. The van der Waals surface area contributed by atoms with Gasteiger partial charge in [0.05, 0.1) is 0 Å².